The highest BCUT2D eigenvalue weighted by Crippen LogP contribution is 2.18. The van der Waals surface area contributed by atoms with Crippen LogP contribution in [-0.4, -0.2) is 37.8 Å². The van der Waals surface area contributed by atoms with E-state index in [2.05, 4.69) is 10.0 Å². The standard InChI is InChI=1S/C17H25N3O4S/c1-11(2)9-18-25(23,24)14-7-5-13(6-8-14)10-20-16(21)15(12(3)4)19-17(20)22/h5-8,11-12,15,18H,9-10H2,1-4H3,(H,19,22)/t15-/m0/s1. The Morgan fingerprint density at radius 3 is 2.20 bits per heavy atom. The van der Waals surface area contributed by atoms with Gasteiger partial charge < -0.3 is 5.32 Å². The smallest absolute Gasteiger partial charge is 0.325 e. The Balaban J connectivity index is 2.08. The Morgan fingerprint density at radius 2 is 1.72 bits per heavy atom. The number of carbonyl (C=O) groups excluding carboxylic acids is 2. The number of imide groups is 1. The monoisotopic (exact) mass is 367 g/mol. The second-order valence-electron chi connectivity index (χ2n) is 6.99. The van der Waals surface area contributed by atoms with E-state index in [4.69, 9.17) is 0 Å². The summed E-state index contributed by atoms with van der Waals surface area (Å²) in [5, 5.41) is 2.67. The molecule has 138 valence electrons. The van der Waals surface area contributed by atoms with Gasteiger partial charge in [0.25, 0.3) is 5.91 Å². The summed E-state index contributed by atoms with van der Waals surface area (Å²) in [4.78, 5) is 25.6. The molecular weight excluding hydrogens is 342 g/mol. The number of carbonyl (C=O) groups is 2. The Kier molecular flexibility index (Phi) is 5.84. The second kappa shape index (κ2) is 7.53. The van der Waals surface area contributed by atoms with Gasteiger partial charge in [0, 0.05) is 6.54 Å². The van der Waals surface area contributed by atoms with Crippen molar-refractivity contribution in [2.45, 2.75) is 45.2 Å². The van der Waals surface area contributed by atoms with Gasteiger partial charge in [-0.1, -0.05) is 39.8 Å². The molecule has 0 saturated carbocycles. The van der Waals surface area contributed by atoms with E-state index in [1.54, 1.807) is 12.1 Å². The number of urea groups is 1. The van der Waals surface area contributed by atoms with Crippen LogP contribution in [0.3, 0.4) is 0 Å². The molecule has 1 atom stereocenters. The highest BCUT2D eigenvalue weighted by atomic mass is 32.2. The first-order chi connectivity index (χ1) is 11.6. The van der Waals surface area contributed by atoms with E-state index in [0.29, 0.717) is 12.1 Å². The number of hydrogen-bond donors (Lipinski definition) is 2. The van der Waals surface area contributed by atoms with Crippen LogP contribution in [0.15, 0.2) is 29.2 Å². The van der Waals surface area contributed by atoms with Crippen LogP contribution < -0.4 is 10.0 Å². The number of sulfonamides is 1. The van der Waals surface area contributed by atoms with Crippen molar-refractivity contribution < 1.29 is 18.0 Å². The molecule has 2 N–H and O–H groups in total. The molecule has 7 nitrogen and oxygen atoms in total. The van der Waals surface area contributed by atoms with Crippen molar-refractivity contribution >= 4 is 22.0 Å². The van der Waals surface area contributed by atoms with Crippen molar-refractivity contribution in [1.82, 2.24) is 14.9 Å². The summed E-state index contributed by atoms with van der Waals surface area (Å²) in [6, 6.07) is 5.28. The van der Waals surface area contributed by atoms with Gasteiger partial charge in [0.05, 0.1) is 11.4 Å². The number of nitrogens with one attached hydrogen (secondary N) is 2. The average Bonchev–Trinajstić information content (AvgIpc) is 2.82. The van der Waals surface area contributed by atoms with Crippen molar-refractivity contribution in [3.8, 4) is 0 Å². The van der Waals surface area contributed by atoms with Crippen LogP contribution in [0.2, 0.25) is 0 Å². The molecule has 1 aliphatic heterocycles. The van der Waals surface area contributed by atoms with Crippen molar-refractivity contribution in [3.05, 3.63) is 29.8 Å². The fraction of sp³-hybridized carbons (Fsp3) is 0.529. The van der Waals surface area contributed by atoms with Crippen LogP contribution in [0.5, 0.6) is 0 Å². The summed E-state index contributed by atoms with van der Waals surface area (Å²) in [5.41, 5.74) is 0.690. The minimum Gasteiger partial charge on any atom is -0.326 e. The minimum absolute atomic E-state index is 0.0148. The normalized spacial score (nSPS) is 18.3. The predicted molar refractivity (Wildman–Crippen MR) is 94.2 cm³/mol. The third-order valence-corrected chi connectivity index (χ3v) is 5.42. The molecule has 0 unspecified atom stereocenters. The first kappa shape index (κ1) is 19.4. The number of benzene rings is 1. The molecule has 0 radical (unpaired) electrons. The molecule has 0 spiro atoms. The van der Waals surface area contributed by atoms with Crippen LogP contribution in [0, 0.1) is 11.8 Å². The van der Waals surface area contributed by atoms with Crippen molar-refractivity contribution in [1.29, 1.82) is 0 Å². The Morgan fingerprint density at radius 1 is 1.12 bits per heavy atom. The first-order valence-electron chi connectivity index (χ1n) is 8.32. The average molecular weight is 367 g/mol. The Bertz CT molecular complexity index is 742. The van der Waals surface area contributed by atoms with E-state index in [-0.39, 0.29) is 29.2 Å². The maximum absolute atomic E-state index is 12.3. The molecule has 1 aromatic rings. The number of rotatable bonds is 7. The lowest BCUT2D eigenvalue weighted by Crippen LogP contribution is -2.34. The van der Waals surface area contributed by atoms with Gasteiger partial charge in [-0.05, 0) is 29.5 Å². The van der Waals surface area contributed by atoms with E-state index in [1.807, 2.05) is 27.7 Å². The molecule has 1 fully saturated rings. The van der Waals surface area contributed by atoms with Crippen LogP contribution in [0.4, 0.5) is 4.79 Å². The summed E-state index contributed by atoms with van der Waals surface area (Å²) in [6.45, 7) is 8.07. The molecule has 1 saturated heterocycles. The van der Waals surface area contributed by atoms with Crippen molar-refractivity contribution in [3.63, 3.8) is 0 Å². The van der Waals surface area contributed by atoms with Crippen molar-refractivity contribution in [2.75, 3.05) is 6.54 Å². The zero-order valence-corrected chi connectivity index (χ0v) is 15.8. The molecular formula is C17H25N3O4S. The quantitative estimate of drug-likeness (QED) is 0.717. The molecule has 0 bridgehead atoms. The lowest BCUT2D eigenvalue weighted by molar-refractivity contribution is -0.128. The van der Waals surface area contributed by atoms with E-state index in [9.17, 15) is 18.0 Å². The highest BCUT2D eigenvalue weighted by molar-refractivity contribution is 7.89. The highest BCUT2D eigenvalue weighted by Gasteiger charge is 2.39. The number of nitrogens with zero attached hydrogens (tertiary/aromatic N) is 1. The molecule has 3 amide bonds. The molecule has 2 rings (SSSR count). The summed E-state index contributed by atoms with van der Waals surface area (Å²) >= 11 is 0. The Labute approximate surface area is 148 Å². The largest absolute Gasteiger partial charge is 0.326 e. The molecule has 1 aromatic carbocycles. The summed E-state index contributed by atoms with van der Waals surface area (Å²) in [6.07, 6.45) is 0. The van der Waals surface area contributed by atoms with Crippen LogP contribution in [-0.2, 0) is 21.4 Å². The van der Waals surface area contributed by atoms with Gasteiger partial charge in [0.1, 0.15) is 6.04 Å². The topological polar surface area (TPSA) is 95.6 Å². The molecule has 8 heteroatoms. The maximum atomic E-state index is 12.3. The molecule has 0 aliphatic carbocycles. The summed E-state index contributed by atoms with van der Waals surface area (Å²) in [5.74, 6) is -0.0288. The predicted octanol–water partition coefficient (Wildman–Crippen LogP) is 1.70. The van der Waals surface area contributed by atoms with Gasteiger partial charge in [-0.2, -0.15) is 0 Å². The lowest BCUT2D eigenvalue weighted by Gasteiger charge is -2.15. The van der Waals surface area contributed by atoms with Gasteiger partial charge >= 0.3 is 6.03 Å². The minimum atomic E-state index is -3.55. The van der Waals surface area contributed by atoms with Crippen molar-refractivity contribution in [2.24, 2.45) is 11.8 Å². The van der Waals surface area contributed by atoms with Gasteiger partial charge in [0.15, 0.2) is 0 Å². The van der Waals surface area contributed by atoms with Crippen LogP contribution in [0.25, 0.3) is 0 Å². The number of hydrogen-bond acceptors (Lipinski definition) is 4. The fourth-order valence-corrected chi connectivity index (χ4v) is 3.67. The van der Waals surface area contributed by atoms with Gasteiger partial charge in [0.2, 0.25) is 10.0 Å². The zero-order valence-electron chi connectivity index (χ0n) is 14.9. The van der Waals surface area contributed by atoms with Gasteiger partial charge in [-0.15, -0.1) is 0 Å². The third kappa shape index (κ3) is 4.58. The zero-order chi connectivity index (χ0) is 18.8. The fourth-order valence-electron chi connectivity index (χ4n) is 2.46. The molecule has 0 aromatic heterocycles. The van der Waals surface area contributed by atoms with E-state index >= 15 is 0 Å². The second-order valence-corrected chi connectivity index (χ2v) is 8.75. The van der Waals surface area contributed by atoms with E-state index in [0.717, 1.165) is 4.90 Å². The summed E-state index contributed by atoms with van der Waals surface area (Å²) < 4.78 is 26.9. The molecule has 1 aliphatic rings. The van der Waals surface area contributed by atoms with E-state index < -0.39 is 22.1 Å². The maximum Gasteiger partial charge on any atom is 0.325 e. The molecule has 25 heavy (non-hydrogen) atoms. The number of amides is 3. The first-order valence-corrected chi connectivity index (χ1v) is 9.80. The van der Waals surface area contributed by atoms with Gasteiger partial charge in [-0.3, -0.25) is 9.69 Å². The third-order valence-electron chi connectivity index (χ3n) is 3.98. The Hall–Kier alpha value is -1.93. The lowest BCUT2D eigenvalue weighted by atomic mass is 10.0. The summed E-state index contributed by atoms with van der Waals surface area (Å²) in [7, 11) is -3.55. The SMILES string of the molecule is CC(C)CNS(=O)(=O)c1ccc(CN2C(=O)N[C@@H](C(C)C)C2=O)cc1. The van der Waals surface area contributed by atoms with Crippen LogP contribution >= 0.6 is 0 Å². The molecule has 1 heterocycles. The van der Waals surface area contributed by atoms with E-state index in [1.165, 1.54) is 12.1 Å². The van der Waals surface area contributed by atoms with Crippen LogP contribution in [0.1, 0.15) is 33.3 Å². The van der Waals surface area contributed by atoms with Gasteiger partial charge in [-0.25, -0.2) is 17.9 Å².